The highest BCUT2D eigenvalue weighted by atomic mass is 32.2. The molecule has 0 radical (unpaired) electrons. The first-order valence-electron chi connectivity index (χ1n) is 9.95. The molecule has 33 heavy (non-hydrogen) atoms. The molecule has 1 heterocycles. The average Bonchev–Trinajstić information content (AvgIpc) is 3.36. The standard InChI is InChI=1S/C23H25NO8S/c1-28-14-12-24(23(25)21-5-4-13-31-21)16-17-6-11-20(30-3)22(15-17)32-33(26,27)19-9-7-18(29-2)8-10-19/h4-11,13,15H,12,14,16H2,1-3H3. The average molecular weight is 476 g/mol. The van der Waals surface area contributed by atoms with E-state index in [2.05, 4.69) is 0 Å². The second kappa shape index (κ2) is 10.9. The maximum Gasteiger partial charge on any atom is 0.339 e. The van der Waals surface area contributed by atoms with Crippen LogP contribution in [0.3, 0.4) is 0 Å². The van der Waals surface area contributed by atoms with Crippen molar-refractivity contribution in [2.24, 2.45) is 0 Å². The number of hydrogen-bond acceptors (Lipinski definition) is 8. The molecule has 0 aliphatic rings. The van der Waals surface area contributed by atoms with Crippen LogP contribution in [0.2, 0.25) is 0 Å². The minimum Gasteiger partial charge on any atom is -0.497 e. The van der Waals surface area contributed by atoms with Crippen LogP contribution < -0.4 is 13.7 Å². The van der Waals surface area contributed by atoms with Crippen LogP contribution in [0.4, 0.5) is 0 Å². The number of nitrogens with zero attached hydrogens (tertiary/aromatic N) is 1. The minimum absolute atomic E-state index is 0.00274. The normalized spacial score (nSPS) is 11.1. The predicted molar refractivity (Wildman–Crippen MR) is 119 cm³/mol. The van der Waals surface area contributed by atoms with Crippen molar-refractivity contribution in [2.45, 2.75) is 11.4 Å². The van der Waals surface area contributed by atoms with Gasteiger partial charge in [-0.25, -0.2) is 0 Å². The summed E-state index contributed by atoms with van der Waals surface area (Å²) in [5, 5.41) is 0. The van der Waals surface area contributed by atoms with E-state index in [0.717, 1.165) is 0 Å². The summed E-state index contributed by atoms with van der Waals surface area (Å²) >= 11 is 0. The summed E-state index contributed by atoms with van der Waals surface area (Å²) in [7, 11) is 0.306. The number of carbonyl (C=O) groups excluding carboxylic acids is 1. The lowest BCUT2D eigenvalue weighted by molar-refractivity contribution is 0.0649. The van der Waals surface area contributed by atoms with Crippen LogP contribution in [0.25, 0.3) is 0 Å². The fraction of sp³-hybridized carbons (Fsp3) is 0.261. The Kier molecular flexibility index (Phi) is 7.96. The summed E-state index contributed by atoms with van der Waals surface area (Å²) < 4.78 is 51.6. The van der Waals surface area contributed by atoms with Crippen molar-refractivity contribution in [2.75, 3.05) is 34.5 Å². The molecular weight excluding hydrogens is 450 g/mol. The lowest BCUT2D eigenvalue weighted by atomic mass is 10.2. The van der Waals surface area contributed by atoms with Crippen molar-refractivity contribution >= 4 is 16.0 Å². The summed E-state index contributed by atoms with van der Waals surface area (Å²) in [6.07, 6.45) is 1.42. The van der Waals surface area contributed by atoms with Gasteiger partial charge in [-0.2, -0.15) is 8.42 Å². The molecule has 0 aliphatic heterocycles. The SMILES string of the molecule is COCCN(Cc1ccc(OC)c(OS(=O)(=O)c2ccc(OC)cc2)c1)C(=O)c1ccco1. The third kappa shape index (κ3) is 6.05. The molecule has 1 aromatic heterocycles. The minimum atomic E-state index is -4.13. The molecule has 0 fully saturated rings. The zero-order valence-corrected chi connectivity index (χ0v) is 19.3. The highest BCUT2D eigenvalue weighted by Crippen LogP contribution is 2.32. The summed E-state index contributed by atoms with van der Waals surface area (Å²) in [4.78, 5) is 14.3. The Morgan fingerprint density at radius 3 is 2.33 bits per heavy atom. The highest BCUT2D eigenvalue weighted by Gasteiger charge is 2.22. The zero-order valence-electron chi connectivity index (χ0n) is 18.5. The molecule has 0 spiro atoms. The number of methoxy groups -OCH3 is 3. The van der Waals surface area contributed by atoms with Crippen molar-refractivity contribution in [3.05, 3.63) is 72.2 Å². The van der Waals surface area contributed by atoms with Gasteiger partial charge in [0.2, 0.25) is 0 Å². The van der Waals surface area contributed by atoms with E-state index in [-0.39, 0.29) is 34.6 Å². The molecule has 0 atom stereocenters. The van der Waals surface area contributed by atoms with Gasteiger partial charge in [0.25, 0.3) is 5.91 Å². The summed E-state index contributed by atoms with van der Waals surface area (Å²) in [5.41, 5.74) is 0.631. The number of ether oxygens (including phenoxy) is 3. The summed E-state index contributed by atoms with van der Waals surface area (Å²) in [6, 6.07) is 13.9. The number of amides is 1. The second-order valence-corrected chi connectivity index (χ2v) is 8.44. The lowest BCUT2D eigenvalue weighted by Crippen LogP contribution is -2.33. The molecule has 1 amide bonds. The van der Waals surface area contributed by atoms with E-state index < -0.39 is 10.1 Å². The molecule has 0 N–H and O–H groups in total. The van der Waals surface area contributed by atoms with E-state index >= 15 is 0 Å². The first-order chi connectivity index (χ1) is 15.9. The van der Waals surface area contributed by atoms with Crippen LogP contribution in [0.1, 0.15) is 16.1 Å². The van der Waals surface area contributed by atoms with Gasteiger partial charge in [0.1, 0.15) is 10.6 Å². The van der Waals surface area contributed by atoms with Gasteiger partial charge in [-0.3, -0.25) is 4.79 Å². The number of rotatable bonds is 11. The Hall–Kier alpha value is -3.50. The molecule has 0 saturated carbocycles. The van der Waals surface area contributed by atoms with Crippen molar-refractivity contribution in [1.29, 1.82) is 0 Å². The van der Waals surface area contributed by atoms with Crippen LogP contribution in [-0.2, 0) is 21.4 Å². The highest BCUT2D eigenvalue weighted by molar-refractivity contribution is 7.87. The fourth-order valence-corrected chi connectivity index (χ4v) is 3.96. The molecule has 2 aromatic carbocycles. The van der Waals surface area contributed by atoms with Gasteiger partial charge < -0.3 is 27.7 Å². The predicted octanol–water partition coefficient (Wildman–Crippen LogP) is 3.35. The van der Waals surface area contributed by atoms with Gasteiger partial charge in [-0.05, 0) is 54.1 Å². The third-order valence-electron chi connectivity index (χ3n) is 4.73. The van der Waals surface area contributed by atoms with Crippen LogP contribution in [0.15, 0.2) is 70.2 Å². The van der Waals surface area contributed by atoms with E-state index in [1.54, 1.807) is 31.4 Å². The van der Waals surface area contributed by atoms with E-state index in [1.807, 2.05) is 0 Å². The van der Waals surface area contributed by atoms with Crippen LogP contribution >= 0.6 is 0 Å². The van der Waals surface area contributed by atoms with Gasteiger partial charge >= 0.3 is 10.1 Å². The monoisotopic (exact) mass is 475 g/mol. The molecule has 9 nitrogen and oxygen atoms in total. The first-order valence-corrected chi connectivity index (χ1v) is 11.4. The molecule has 0 aliphatic carbocycles. The van der Waals surface area contributed by atoms with Crippen molar-refractivity contribution in [3.8, 4) is 17.2 Å². The van der Waals surface area contributed by atoms with Crippen LogP contribution in [-0.4, -0.2) is 53.7 Å². The molecule has 176 valence electrons. The van der Waals surface area contributed by atoms with Gasteiger partial charge in [0.05, 0.1) is 27.1 Å². The van der Waals surface area contributed by atoms with Crippen molar-refractivity contribution in [3.63, 3.8) is 0 Å². The maximum absolute atomic E-state index is 12.8. The topological polar surface area (TPSA) is 105 Å². The van der Waals surface area contributed by atoms with E-state index in [0.29, 0.717) is 24.5 Å². The molecular formula is C23H25NO8S. The maximum atomic E-state index is 12.8. The van der Waals surface area contributed by atoms with Gasteiger partial charge in [0.15, 0.2) is 17.3 Å². The molecule has 0 saturated heterocycles. The van der Waals surface area contributed by atoms with Crippen molar-refractivity contribution < 1.29 is 36.0 Å². The third-order valence-corrected chi connectivity index (χ3v) is 5.98. The van der Waals surface area contributed by atoms with Gasteiger partial charge in [0, 0.05) is 20.2 Å². The Balaban J connectivity index is 1.86. The second-order valence-electron chi connectivity index (χ2n) is 6.90. The van der Waals surface area contributed by atoms with Gasteiger partial charge in [-0.15, -0.1) is 0 Å². The Labute approximate surface area is 192 Å². The Bertz CT molecular complexity index is 1160. The smallest absolute Gasteiger partial charge is 0.339 e. The molecule has 3 rings (SSSR count). The largest absolute Gasteiger partial charge is 0.497 e. The molecule has 0 bridgehead atoms. The van der Waals surface area contributed by atoms with E-state index in [4.69, 9.17) is 22.8 Å². The Morgan fingerprint density at radius 2 is 1.73 bits per heavy atom. The molecule has 3 aromatic rings. The van der Waals surface area contributed by atoms with E-state index in [9.17, 15) is 13.2 Å². The summed E-state index contributed by atoms with van der Waals surface area (Å²) in [5.74, 6) is 0.630. The number of furan rings is 1. The zero-order chi connectivity index (χ0) is 23.8. The van der Waals surface area contributed by atoms with Crippen molar-refractivity contribution in [1.82, 2.24) is 4.90 Å². The first kappa shape index (κ1) is 24.1. The lowest BCUT2D eigenvalue weighted by Gasteiger charge is -2.22. The Morgan fingerprint density at radius 1 is 0.970 bits per heavy atom. The van der Waals surface area contributed by atoms with Gasteiger partial charge in [-0.1, -0.05) is 6.07 Å². The quantitative estimate of drug-likeness (QED) is 0.389. The van der Waals surface area contributed by atoms with E-state index in [1.165, 1.54) is 55.7 Å². The van der Waals surface area contributed by atoms with Crippen LogP contribution in [0, 0.1) is 0 Å². The number of hydrogen-bond donors (Lipinski definition) is 0. The molecule has 0 unspecified atom stereocenters. The molecule has 10 heteroatoms. The fourth-order valence-electron chi connectivity index (χ4n) is 3.02. The van der Waals surface area contributed by atoms with Crippen LogP contribution in [0.5, 0.6) is 17.2 Å². The summed E-state index contributed by atoms with van der Waals surface area (Å²) in [6.45, 7) is 0.798. The number of carbonyl (C=O) groups is 1. The number of benzene rings is 2.